The summed E-state index contributed by atoms with van der Waals surface area (Å²) in [4.78, 5) is 6.26. The highest BCUT2D eigenvalue weighted by molar-refractivity contribution is 9.10. The van der Waals surface area contributed by atoms with E-state index in [-0.39, 0.29) is 0 Å². The van der Waals surface area contributed by atoms with Gasteiger partial charge in [-0.1, -0.05) is 23.8 Å². The van der Waals surface area contributed by atoms with Crippen LogP contribution in [0, 0.1) is 0 Å². The molecule has 0 amide bonds. The van der Waals surface area contributed by atoms with Crippen LogP contribution in [-0.2, 0) is 0 Å². The predicted molar refractivity (Wildman–Crippen MR) is 69.6 cm³/mol. The highest BCUT2D eigenvalue weighted by Gasteiger charge is 2.09. The van der Waals surface area contributed by atoms with Gasteiger partial charge < -0.3 is 4.90 Å². The maximum absolute atomic E-state index is 6.09. The van der Waals surface area contributed by atoms with Crippen LogP contribution < -0.4 is 4.90 Å². The maximum atomic E-state index is 6.09. The van der Waals surface area contributed by atoms with Crippen molar-refractivity contribution in [3.63, 3.8) is 0 Å². The Morgan fingerprint density at radius 3 is 2.47 bits per heavy atom. The molecule has 0 N–H and O–H groups in total. The Bertz CT molecular complexity index is 356. The van der Waals surface area contributed by atoms with Crippen LogP contribution in [0.5, 0.6) is 0 Å². The van der Waals surface area contributed by atoms with Crippen molar-refractivity contribution in [2.45, 2.75) is 0 Å². The smallest absolute Gasteiger partial charge is 0.147 e. The quantitative estimate of drug-likeness (QED) is 0.768. The van der Waals surface area contributed by atoms with Crippen LogP contribution in [0.15, 0.2) is 42.0 Å². The first-order valence-corrected chi connectivity index (χ1v) is 5.64. The number of pyridine rings is 1. The molecule has 80 valence electrons. The molecule has 1 heterocycles. The average molecular weight is 288 g/mol. The first kappa shape index (κ1) is 12.3. The summed E-state index contributed by atoms with van der Waals surface area (Å²) >= 11 is 9.41. The van der Waals surface area contributed by atoms with E-state index in [1.54, 1.807) is 6.20 Å². The fourth-order valence-corrected chi connectivity index (χ4v) is 1.95. The Kier molecular flexibility index (Phi) is 4.85. The molecule has 15 heavy (non-hydrogen) atoms. The van der Waals surface area contributed by atoms with Gasteiger partial charge in [0.25, 0.3) is 0 Å². The summed E-state index contributed by atoms with van der Waals surface area (Å²) < 4.78 is 0.869. The van der Waals surface area contributed by atoms with Gasteiger partial charge in [-0.3, -0.25) is 0 Å². The van der Waals surface area contributed by atoms with Crippen molar-refractivity contribution in [2.75, 3.05) is 18.0 Å². The lowest BCUT2D eigenvalue weighted by Crippen LogP contribution is -2.24. The Labute approximate surface area is 103 Å². The molecular weight excluding hydrogens is 275 g/mol. The number of aromatic nitrogens is 1. The third-order valence-corrected chi connectivity index (χ3v) is 2.50. The van der Waals surface area contributed by atoms with Gasteiger partial charge in [-0.25, -0.2) is 4.98 Å². The lowest BCUT2D eigenvalue weighted by atomic mass is 10.4. The van der Waals surface area contributed by atoms with E-state index in [4.69, 9.17) is 11.6 Å². The summed E-state index contributed by atoms with van der Waals surface area (Å²) in [7, 11) is 0. The summed E-state index contributed by atoms with van der Waals surface area (Å²) in [5.74, 6) is 0.750. The fraction of sp³-hybridized carbons (Fsp3) is 0.182. The van der Waals surface area contributed by atoms with Crippen molar-refractivity contribution in [3.05, 3.63) is 47.1 Å². The van der Waals surface area contributed by atoms with E-state index >= 15 is 0 Å². The monoisotopic (exact) mass is 286 g/mol. The van der Waals surface area contributed by atoms with Crippen molar-refractivity contribution >= 4 is 33.3 Å². The van der Waals surface area contributed by atoms with E-state index in [1.807, 2.05) is 23.1 Å². The van der Waals surface area contributed by atoms with Crippen molar-refractivity contribution in [1.82, 2.24) is 4.98 Å². The van der Waals surface area contributed by atoms with Crippen molar-refractivity contribution < 1.29 is 0 Å². The minimum atomic E-state index is 0.619. The highest BCUT2D eigenvalue weighted by atomic mass is 79.9. The van der Waals surface area contributed by atoms with Crippen LogP contribution in [0.25, 0.3) is 0 Å². The zero-order chi connectivity index (χ0) is 11.3. The maximum Gasteiger partial charge on any atom is 0.147 e. The fourth-order valence-electron chi connectivity index (χ4n) is 1.20. The summed E-state index contributed by atoms with van der Waals surface area (Å²) in [6, 6.07) is 1.82. The van der Waals surface area contributed by atoms with Gasteiger partial charge in [0.05, 0.1) is 5.02 Å². The third-order valence-electron chi connectivity index (χ3n) is 1.79. The van der Waals surface area contributed by atoms with E-state index in [2.05, 4.69) is 34.1 Å². The van der Waals surface area contributed by atoms with Gasteiger partial charge in [0.1, 0.15) is 5.82 Å². The molecule has 2 nitrogen and oxygen atoms in total. The van der Waals surface area contributed by atoms with Crippen LogP contribution in [0.1, 0.15) is 0 Å². The van der Waals surface area contributed by atoms with E-state index in [0.29, 0.717) is 18.1 Å². The van der Waals surface area contributed by atoms with Gasteiger partial charge in [0, 0.05) is 23.8 Å². The molecule has 1 aromatic rings. The molecule has 0 saturated carbocycles. The van der Waals surface area contributed by atoms with Gasteiger partial charge in [0.2, 0.25) is 0 Å². The van der Waals surface area contributed by atoms with Gasteiger partial charge in [0.15, 0.2) is 0 Å². The molecule has 0 unspecified atom stereocenters. The number of rotatable bonds is 5. The molecular formula is C11H12BrClN2. The molecule has 0 aliphatic heterocycles. The second-order valence-electron chi connectivity index (χ2n) is 2.94. The molecule has 0 aliphatic rings. The van der Waals surface area contributed by atoms with Gasteiger partial charge in [-0.05, 0) is 22.0 Å². The Morgan fingerprint density at radius 1 is 1.40 bits per heavy atom. The predicted octanol–water partition coefficient (Wildman–Crippen LogP) is 3.68. The molecule has 0 atom stereocenters. The van der Waals surface area contributed by atoms with Crippen LogP contribution in [0.3, 0.4) is 0 Å². The van der Waals surface area contributed by atoms with E-state index in [1.165, 1.54) is 0 Å². The van der Waals surface area contributed by atoms with Crippen molar-refractivity contribution in [2.24, 2.45) is 0 Å². The van der Waals surface area contributed by atoms with Crippen molar-refractivity contribution in [1.29, 1.82) is 0 Å². The Morgan fingerprint density at radius 2 is 2.00 bits per heavy atom. The topological polar surface area (TPSA) is 16.1 Å². The third kappa shape index (κ3) is 3.36. The van der Waals surface area contributed by atoms with Crippen LogP contribution in [0.2, 0.25) is 5.02 Å². The zero-order valence-corrected chi connectivity index (χ0v) is 10.6. The second kappa shape index (κ2) is 5.93. The highest BCUT2D eigenvalue weighted by Crippen LogP contribution is 2.25. The molecule has 4 heteroatoms. The van der Waals surface area contributed by atoms with Gasteiger partial charge in [-0.15, -0.1) is 13.2 Å². The molecule has 0 bridgehead atoms. The molecule has 0 saturated heterocycles. The molecule has 0 radical (unpaired) electrons. The summed E-state index contributed by atoms with van der Waals surface area (Å²) in [6.45, 7) is 8.79. The number of hydrogen-bond donors (Lipinski definition) is 0. The SMILES string of the molecule is C=CCN(CC=C)c1ncc(Br)cc1Cl. The van der Waals surface area contributed by atoms with Gasteiger partial charge in [-0.2, -0.15) is 0 Å². The Balaban J connectivity index is 2.98. The number of halogens is 2. The first-order chi connectivity index (χ1) is 7.19. The van der Waals surface area contributed by atoms with Crippen molar-refractivity contribution in [3.8, 4) is 0 Å². The average Bonchev–Trinajstić information content (AvgIpc) is 2.17. The minimum Gasteiger partial charge on any atom is -0.348 e. The summed E-state index contributed by atoms with van der Waals surface area (Å²) in [5, 5.41) is 0.619. The standard InChI is InChI=1S/C11H12BrClN2/c1-3-5-15(6-4-2)11-10(13)7-9(12)8-14-11/h3-4,7-8H,1-2,5-6H2. The number of anilines is 1. The molecule has 0 aliphatic carbocycles. The van der Waals surface area contributed by atoms with E-state index < -0.39 is 0 Å². The largest absolute Gasteiger partial charge is 0.348 e. The van der Waals surface area contributed by atoms with Crippen LogP contribution in [0.4, 0.5) is 5.82 Å². The molecule has 0 aromatic carbocycles. The second-order valence-corrected chi connectivity index (χ2v) is 4.26. The summed E-state index contributed by atoms with van der Waals surface area (Å²) in [5.41, 5.74) is 0. The molecule has 1 rings (SSSR count). The number of nitrogens with zero attached hydrogens (tertiary/aromatic N) is 2. The van der Waals surface area contributed by atoms with Crippen LogP contribution in [-0.4, -0.2) is 18.1 Å². The lowest BCUT2D eigenvalue weighted by Gasteiger charge is -2.21. The van der Waals surface area contributed by atoms with Gasteiger partial charge >= 0.3 is 0 Å². The number of hydrogen-bond acceptors (Lipinski definition) is 2. The first-order valence-electron chi connectivity index (χ1n) is 4.46. The lowest BCUT2D eigenvalue weighted by molar-refractivity contribution is 0.926. The van der Waals surface area contributed by atoms with Crippen LogP contribution >= 0.6 is 27.5 Å². The van der Waals surface area contributed by atoms with E-state index in [9.17, 15) is 0 Å². The molecule has 1 aromatic heterocycles. The van der Waals surface area contributed by atoms with E-state index in [0.717, 1.165) is 10.3 Å². The minimum absolute atomic E-state index is 0.619. The molecule has 0 spiro atoms. The zero-order valence-electron chi connectivity index (χ0n) is 8.29. The molecule has 0 fully saturated rings. The normalized spacial score (nSPS) is 9.73. The summed E-state index contributed by atoms with van der Waals surface area (Å²) in [6.07, 6.45) is 5.34. The Hall–Kier alpha value is -0.800.